The summed E-state index contributed by atoms with van der Waals surface area (Å²) in [6.45, 7) is 8.07. The number of hydrogen-bond acceptors (Lipinski definition) is 5. The summed E-state index contributed by atoms with van der Waals surface area (Å²) in [5.41, 5.74) is 1.89. The molecule has 1 fully saturated rings. The van der Waals surface area contributed by atoms with Crippen LogP contribution in [0.5, 0.6) is 0 Å². The number of hydrogen-bond donors (Lipinski definition) is 0. The molecule has 1 aromatic heterocycles. The van der Waals surface area contributed by atoms with E-state index in [0.717, 1.165) is 35.9 Å². The lowest BCUT2D eigenvalue weighted by atomic mass is 9.73. The van der Waals surface area contributed by atoms with Crippen LogP contribution >= 0.6 is 0 Å². The summed E-state index contributed by atoms with van der Waals surface area (Å²) in [5.74, 6) is -0.150. The normalized spacial score (nSPS) is 26.1. The number of aldehydes is 1. The average molecular weight is 300 g/mol. The summed E-state index contributed by atoms with van der Waals surface area (Å²) in [4.78, 5) is 19.8. The number of rotatable bonds is 2. The molecule has 1 atom stereocenters. The Hall–Kier alpha value is -1.53. The van der Waals surface area contributed by atoms with E-state index in [-0.39, 0.29) is 5.92 Å². The molecule has 22 heavy (non-hydrogen) atoms. The Bertz CT molecular complexity index is 612. The predicted octanol–water partition coefficient (Wildman–Crippen LogP) is 2.25. The zero-order chi connectivity index (χ0) is 16.0. The first-order chi connectivity index (χ1) is 10.3. The third-order valence-electron chi connectivity index (χ3n) is 4.90. The summed E-state index contributed by atoms with van der Waals surface area (Å²) < 4.78 is 12.3. The largest absolute Gasteiger partial charge is 0.495 e. The van der Waals surface area contributed by atoms with Gasteiger partial charge in [0, 0.05) is 17.7 Å². The van der Waals surface area contributed by atoms with Crippen molar-refractivity contribution in [1.29, 1.82) is 0 Å². The van der Waals surface area contributed by atoms with E-state index in [4.69, 9.17) is 9.31 Å². The van der Waals surface area contributed by atoms with Crippen molar-refractivity contribution < 1.29 is 14.1 Å². The van der Waals surface area contributed by atoms with Gasteiger partial charge >= 0.3 is 7.12 Å². The van der Waals surface area contributed by atoms with Gasteiger partial charge in [-0.25, -0.2) is 9.97 Å². The molecule has 2 aliphatic rings. The number of aromatic nitrogens is 2. The molecule has 3 rings (SSSR count). The van der Waals surface area contributed by atoms with Crippen LogP contribution in [0.25, 0.3) is 5.47 Å². The molecular formula is C16H21BN2O3. The zero-order valence-electron chi connectivity index (χ0n) is 13.5. The molecule has 1 aliphatic carbocycles. The molecule has 0 spiro atoms. The molecule has 0 aromatic carbocycles. The van der Waals surface area contributed by atoms with Crippen molar-refractivity contribution in [1.82, 2.24) is 9.97 Å². The first-order valence-electron chi connectivity index (χ1n) is 7.66. The molecular weight excluding hydrogens is 279 g/mol. The van der Waals surface area contributed by atoms with E-state index in [2.05, 4.69) is 9.97 Å². The summed E-state index contributed by atoms with van der Waals surface area (Å²) in [6.07, 6.45) is 7.75. The average Bonchev–Trinajstić information content (AvgIpc) is 2.63. The minimum absolute atomic E-state index is 0.150. The van der Waals surface area contributed by atoms with Gasteiger partial charge in [-0.15, -0.1) is 0 Å². The van der Waals surface area contributed by atoms with Gasteiger partial charge in [0.15, 0.2) is 0 Å². The van der Waals surface area contributed by atoms with E-state index < -0.39 is 18.3 Å². The third kappa shape index (κ3) is 2.50. The fourth-order valence-electron chi connectivity index (χ4n) is 2.79. The van der Waals surface area contributed by atoms with Crippen LogP contribution < -0.4 is 0 Å². The fourth-order valence-corrected chi connectivity index (χ4v) is 2.79. The molecule has 116 valence electrons. The Balaban J connectivity index is 2.04. The predicted molar refractivity (Wildman–Crippen MR) is 84.0 cm³/mol. The first kappa shape index (κ1) is 15.4. The zero-order valence-corrected chi connectivity index (χ0v) is 13.5. The van der Waals surface area contributed by atoms with Gasteiger partial charge in [-0.2, -0.15) is 0 Å². The van der Waals surface area contributed by atoms with Crippen LogP contribution in [0.2, 0.25) is 0 Å². The van der Waals surface area contributed by atoms with Gasteiger partial charge in [0.25, 0.3) is 0 Å². The standard InChI is InChI=1S/C16H21BN2O3/c1-15(2)16(3,4)22-17(21-15)13-7-11(9-20)5-6-14-12(13)8-18-10-19-14/h7-11H,5-6H2,1-4H3. The molecule has 0 bridgehead atoms. The van der Waals surface area contributed by atoms with E-state index in [9.17, 15) is 4.79 Å². The maximum absolute atomic E-state index is 11.3. The molecule has 0 radical (unpaired) electrons. The van der Waals surface area contributed by atoms with Gasteiger partial charge in [-0.1, -0.05) is 6.08 Å². The second kappa shape index (κ2) is 5.28. The van der Waals surface area contributed by atoms with Crippen LogP contribution in [0.4, 0.5) is 0 Å². The highest BCUT2D eigenvalue weighted by Crippen LogP contribution is 2.41. The lowest BCUT2D eigenvalue weighted by Gasteiger charge is -2.32. The number of allylic oxidation sites excluding steroid dienone is 1. The summed E-state index contributed by atoms with van der Waals surface area (Å²) >= 11 is 0. The van der Waals surface area contributed by atoms with Crippen molar-refractivity contribution in [3.63, 3.8) is 0 Å². The molecule has 0 N–H and O–H groups in total. The van der Waals surface area contributed by atoms with Crippen LogP contribution in [-0.2, 0) is 20.5 Å². The van der Waals surface area contributed by atoms with Crippen LogP contribution in [0, 0.1) is 5.92 Å². The highest BCUT2D eigenvalue weighted by molar-refractivity contribution is 6.69. The van der Waals surface area contributed by atoms with Crippen molar-refractivity contribution in [3.8, 4) is 0 Å². The molecule has 1 saturated heterocycles. The minimum atomic E-state index is -0.504. The Kier molecular flexibility index (Phi) is 3.69. The molecule has 1 aliphatic heterocycles. The highest BCUT2D eigenvalue weighted by atomic mass is 16.7. The maximum atomic E-state index is 11.3. The van der Waals surface area contributed by atoms with Crippen molar-refractivity contribution >= 4 is 18.9 Å². The smallest absolute Gasteiger partial charge is 0.399 e. The highest BCUT2D eigenvalue weighted by Gasteiger charge is 2.53. The van der Waals surface area contributed by atoms with E-state index in [1.807, 2.05) is 33.8 Å². The topological polar surface area (TPSA) is 61.3 Å². The number of nitrogens with zero attached hydrogens (tertiary/aromatic N) is 2. The summed E-state index contributed by atoms with van der Waals surface area (Å²) in [6, 6.07) is 0. The van der Waals surface area contributed by atoms with Crippen LogP contribution in [0.15, 0.2) is 18.6 Å². The third-order valence-corrected chi connectivity index (χ3v) is 4.90. The molecule has 2 heterocycles. The SMILES string of the molecule is CC1(C)OB(C2=CC(C=O)CCc3ncncc32)OC1(C)C. The lowest BCUT2D eigenvalue weighted by Crippen LogP contribution is -2.41. The van der Waals surface area contributed by atoms with Gasteiger partial charge in [-0.05, 0) is 46.0 Å². The van der Waals surface area contributed by atoms with E-state index >= 15 is 0 Å². The number of fused-ring (bicyclic) bond motifs is 1. The maximum Gasteiger partial charge on any atom is 0.495 e. The number of carbonyl (C=O) groups excluding carboxylic acids is 1. The number of aryl methyl sites for hydroxylation is 1. The van der Waals surface area contributed by atoms with Crippen LogP contribution in [-0.4, -0.2) is 34.6 Å². The van der Waals surface area contributed by atoms with Crippen molar-refractivity contribution in [2.24, 2.45) is 5.92 Å². The molecule has 1 aromatic rings. The van der Waals surface area contributed by atoms with Gasteiger partial charge in [0.1, 0.15) is 12.6 Å². The van der Waals surface area contributed by atoms with Gasteiger partial charge in [0.05, 0.1) is 16.9 Å². The second-order valence-corrected chi connectivity index (χ2v) is 6.93. The molecule has 1 unspecified atom stereocenters. The summed E-state index contributed by atoms with van der Waals surface area (Å²) in [5, 5.41) is 0. The Morgan fingerprint density at radius 3 is 2.59 bits per heavy atom. The lowest BCUT2D eigenvalue weighted by molar-refractivity contribution is -0.110. The number of carbonyl (C=O) groups is 1. The van der Waals surface area contributed by atoms with Gasteiger partial charge in [0.2, 0.25) is 0 Å². The van der Waals surface area contributed by atoms with E-state index in [1.165, 1.54) is 0 Å². The monoisotopic (exact) mass is 300 g/mol. The fraction of sp³-hybridized carbons (Fsp3) is 0.562. The van der Waals surface area contributed by atoms with Gasteiger partial charge in [-0.3, -0.25) is 0 Å². The van der Waals surface area contributed by atoms with E-state index in [1.54, 1.807) is 12.5 Å². The Labute approximate surface area is 131 Å². The van der Waals surface area contributed by atoms with Crippen molar-refractivity contribution in [2.45, 2.75) is 51.7 Å². The van der Waals surface area contributed by atoms with Crippen LogP contribution in [0.3, 0.4) is 0 Å². The second-order valence-electron chi connectivity index (χ2n) is 6.93. The van der Waals surface area contributed by atoms with Crippen LogP contribution in [0.1, 0.15) is 45.4 Å². The Morgan fingerprint density at radius 1 is 1.27 bits per heavy atom. The van der Waals surface area contributed by atoms with E-state index in [0.29, 0.717) is 0 Å². The molecule has 6 heteroatoms. The molecule has 5 nitrogen and oxygen atoms in total. The minimum Gasteiger partial charge on any atom is -0.399 e. The molecule has 0 saturated carbocycles. The summed E-state index contributed by atoms with van der Waals surface area (Å²) in [7, 11) is -0.504. The van der Waals surface area contributed by atoms with Crippen molar-refractivity contribution in [2.75, 3.05) is 0 Å². The van der Waals surface area contributed by atoms with Gasteiger partial charge < -0.3 is 14.1 Å². The quantitative estimate of drug-likeness (QED) is 0.619. The molecule has 0 amide bonds. The first-order valence-corrected chi connectivity index (χ1v) is 7.66. The van der Waals surface area contributed by atoms with Crippen molar-refractivity contribution in [3.05, 3.63) is 29.9 Å². The Morgan fingerprint density at radius 2 is 1.95 bits per heavy atom.